The quantitative estimate of drug-likeness (QED) is 0.344. The normalized spacial score (nSPS) is 23.8. The van der Waals surface area contributed by atoms with Crippen LogP contribution in [0, 0.1) is 11.8 Å². The zero-order chi connectivity index (χ0) is 23.6. The molecule has 0 heterocycles. The van der Waals surface area contributed by atoms with Crippen molar-refractivity contribution in [2.24, 2.45) is 11.8 Å². The fourth-order valence-electron chi connectivity index (χ4n) is 3.84. The molecule has 1 aliphatic rings. The molecule has 3 N–H and O–H groups in total. The molecule has 0 spiro atoms. The first-order valence-corrected chi connectivity index (χ1v) is 10.9. The van der Waals surface area contributed by atoms with Crippen molar-refractivity contribution >= 4 is 5.91 Å². The predicted molar refractivity (Wildman–Crippen MR) is 116 cm³/mol. The van der Waals surface area contributed by atoms with Crippen molar-refractivity contribution in [1.82, 2.24) is 5.32 Å². The van der Waals surface area contributed by atoms with Gasteiger partial charge in [-0.05, 0) is 49.8 Å². The van der Waals surface area contributed by atoms with Crippen molar-refractivity contribution in [3.05, 3.63) is 54.1 Å². The molecule has 8 heteroatoms. The minimum Gasteiger partial charge on any atom is -0.493 e. The summed E-state index contributed by atoms with van der Waals surface area (Å²) in [5, 5.41) is 23.1. The van der Waals surface area contributed by atoms with Crippen LogP contribution in [0.3, 0.4) is 0 Å². The highest BCUT2D eigenvalue weighted by Gasteiger charge is 2.39. The number of aliphatic hydroxyl groups is 2. The Morgan fingerprint density at radius 1 is 1.19 bits per heavy atom. The van der Waals surface area contributed by atoms with Gasteiger partial charge in [0.15, 0.2) is 0 Å². The number of amides is 1. The molecule has 178 valence electrons. The number of carbonyl (C=O) groups is 1. The molecular weight excluding hydrogens is 423 g/mol. The third kappa shape index (κ3) is 8.31. The maximum atomic E-state index is 12.8. The molecule has 2 rings (SSSR count). The summed E-state index contributed by atoms with van der Waals surface area (Å²) in [4.78, 5) is 11.2. The summed E-state index contributed by atoms with van der Waals surface area (Å²) in [6, 6.07) is 4.75. The van der Waals surface area contributed by atoms with Gasteiger partial charge in [0.05, 0.1) is 24.4 Å². The second-order valence-corrected chi connectivity index (χ2v) is 7.97. The Hall–Kier alpha value is -2.32. The number of carbonyl (C=O) groups excluding carboxylic acids is 1. The third-order valence-corrected chi connectivity index (χ3v) is 5.62. The van der Waals surface area contributed by atoms with E-state index < -0.39 is 23.9 Å². The molecule has 1 amide bonds. The lowest BCUT2D eigenvalue weighted by atomic mass is 9.90. The Morgan fingerprint density at radius 3 is 2.69 bits per heavy atom. The largest absolute Gasteiger partial charge is 0.493 e. The SMILES string of the molecule is CNC(=O)CCCC=CC[C@@H]1[C@@H](C=CCCOc2cccc(C(F)(F)F)c2)[C@H](O)C[C@@H]1O. The Kier molecular flexibility index (Phi) is 10.3. The molecule has 32 heavy (non-hydrogen) atoms. The van der Waals surface area contributed by atoms with E-state index in [0.717, 1.165) is 25.0 Å². The van der Waals surface area contributed by atoms with Crippen LogP contribution in [0.25, 0.3) is 0 Å². The van der Waals surface area contributed by atoms with Gasteiger partial charge in [-0.3, -0.25) is 4.79 Å². The van der Waals surface area contributed by atoms with Gasteiger partial charge in [0, 0.05) is 25.8 Å². The van der Waals surface area contributed by atoms with Gasteiger partial charge in [0.25, 0.3) is 0 Å². The average molecular weight is 456 g/mol. The van der Waals surface area contributed by atoms with Crippen LogP contribution in [-0.4, -0.2) is 42.0 Å². The van der Waals surface area contributed by atoms with Gasteiger partial charge in [-0.2, -0.15) is 13.2 Å². The number of unbranched alkanes of at least 4 members (excludes halogenated alkanes) is 1. The number of nitrogens with one attached hydrogen (secondary N) is 1. The summed E-state index contributed by atoms with van der Waals surface area (Å²) in [7, 11) is 1.61. The fourth-order valence-corrected chi connectivity index (χ4v) is 3.84. The van der Waals surface area contributed by atoms with Crippen LogP contribution < -0.4 is 10.1 Å². The molecule has 4 atom stereocenters. The maximum Gasteiger partial charge on any atom is 0.416 e. The second-order valence-electron chi connectivity index (χ2n) is 7.97. The van der Waals surface area contributed by atoms with E-state index in [9.17, 15) is 28.2 Å². The van der Waals surface area contributed by atoms with Crippen molar-refractivity contribution in [2.45, 2.75) is 56.9 Å². The molecule has 1 aliphatic carbocycles. The fraction of sp³-hybridized carbons (Fsp3) is 0.542. The lowest BCUT2D eigenvalue weighted by molar-refractivity contribution is -0.137. The lowest BCUT2D eigenvalue weighted by Crippen LogP contribution is -2.19. The first kappa shape index (κ1) is 25.9. The smallest absolute Gasteiger partial charge is 0.416 e. The van der Waals surface area contributed by atoms with Crippen LogP contribution in [0.2, 0.25) is 0 Å². The minimum absolute atomic E-state index is 0.00924. The lowest BCUT2D eigenvalue weighted by Gasteiger charge is -2.19. The molecule has 0 aliphatic heterocycles. The van der Waals surface area contributed by atoms with Crippen LogP contribution in [0.5, 0.6) is 5.75 Å². The molecule has 1 saturated carbocycles. The Labute approximate surface area is 187 Å². The molecule has 0 bridgehead atoms. The van der Waals surface area contributed by atoms with Crippen molar-refractivity contribution in [1.29, 1.82) is 0 Å². The Balaban J connectivity index is 1.78. The van der Waals surface area contributed by atoms with E-state index in [0.29, 0.717) is 25.7 Å². The zero-order valence-corrected chi connectivity index (χ0v) is 18.2. The molecule has 0 aromatic heterocycles. The number of ether oxygens (including phenoxy) is 1. The number of hydrogen-bond acceptors (Lipinski definition) is 4. The first-order chi connectivity index (χ1) is 15.2. The Morgan fingerprint density at radius 2 is 1.97 bits per heavy atom. The molecule has 0 unspecified atom stereocenters. The second kappa shape index (κ2) is 12.6. The van der Waals surface area contributed by atoms with Gasteiger partial charge in [-0.1, -0.05) is 30.4 Å². The number of allylic oxidation sites excluding steroid dienone is 2. The highest BCUT2D eigenvalue weighted by molar-refractivity contribution is 5.75. The standard InChI is InChI=1S/C24H32F3NO4/c1-28-23(31)13-5-3-2-4-11-19-20(22(30)16-21(19)29)12-6-7-14-32-18-10-8-9-17(15-18)24(25,26)27/h2,4,6,8-10,12,15,19-22,29-30H,3,5,7,11,13-14,16H2,1H3,(H,28,31)/t19-,20-,21+,22-/m1/s1. The minimum atomic E-state index is -4.41. The summed E-state index contributed by atoms with van der Waals surface area (Å²) in [5.74, 6) is -0.145. The summed E-state index contributed by atoms with van der Waals surface area (Å²) < 4.78 is 43.7. The van der Waals surface area contributed by atoms with E-state index in [-0.39, 0.29) is 30.1 Å². The number of alkyl halides is 3. The molecule has 5 nitrogen and oxygen atoms in total. The van der Waals surface area contributed by atoms with Crippen LogP contribution >= 0.6 is 0 Å². The van der Waals surface area contributed by atoms with Gasteiger partial charge < -0.3 is 20.3 Å². The van der Waals surface area contributed by atoms with Gasteiger partial charge in [-0.15, -0.1) is 0 Å². The van der Waals surface area contributed by atoms with Crippen LogP contribution in [-0.2, 0) is 11.0 Å². The summed E-state index contributed by atoms with van der Waals surface area (Å²) >= 11 is 0. The van der Waals surface area contributed by atoms with E-state index >= 15 is 0 Å². The highest BCUT2D eigenvalue weighted by atomic mass is 19.4. The van der Waals surface area contributed by atoms with Gasteiger partial charge in [-0.25, -0.2) is 0 Å². The van der Waals surface area contributed by atoms with E-state index in [1.165, 1.54) is 12.1 Å². The molecule has 0 radical (unpaired) electrons. The molecular formula is C24H32F3NO4. The maximum absolute atomic E-state index is 12.8. The number of halogens is 3. The average Bonchev–Trinajstić information content (AvgIpc) is 3.02. The third-order valence-electron chi connectivity index (χ3n) is 5.62. The van der Waals surface area contributed by atoms with E-state index in [2.05, 4.69) is 5.32 Å². The van der Waals surface area contributed by atoms with Gasteiger partial charge in [0.1, 0.15) is 5.75 Å². The van der Waals surface area contributed by atoms with Crippen molar-refractivity contribution < 1.29 is 32.9 Å². The van der Waals surface area contributed by atoms with Crippen LogP contribution in [0.4, 0.5) is 13.2 Å². The number of benzene rings is 1. The van der Waals surface area contributed by atoms with Crippen LogP contribution in [0.15, 0.2) is 48.6 Å². The number of hydrogen-bond donors (Lipinski definition) is 3. The number of rotatable bonds is 11. The summed E-state index contributed by atoms with van der Waals surface area (Å²) in [6.45, 7) is 0.207. The molecule has 1 aromatic rings. The monoisotopic (exact) mass is 455 g/mol. The van der Waals surface area contributed by atoms with Crippen molar-refractivity contribution in [2.75, 3.05) is 13.7 Å². The topological polar surface area (TPSA) is 78.8 Å². The first-order valence-electron chi connectivity index (χ1n) is 10.9. The van der Waals surface area contributed by atoms with E-state index in [4.69, 9.17) is 4.74 Å². The zero-order valence-electron chi connectivity index (χ0n) is 18.2. The summed E-state index contributed by atoms with van der Waals surface area (Å²) in [5.41, 5.74) is -0.752. The Bertz CT molecular complexity index is 779. The van der Waals surface area contributed by atoms with Gasteiger partial charge >= 0.3 is 6.18 Å². The van der Waals surface area contributed by atoms with E-state index in [1.807, 2.05) is 24.3 Å². The van der Waals surface area contributed by atoms with Crippen LogP contribution in [0.1, 0.15) is 44.1 Å². The number of aliphatic hydroxyl groups excluding tert-OH is 2. The summed E-state index contributed by atoms with van der Waals surface area (Å²) in [6.07, 6.45) is 5.40. The van der Waals surface area contributed by atoms with Gasteiger partial charge in [0.2, 0.25) is 5.91 Å². The highest BCUT2D eigenvalue weighted by Crippen LogP contribution is 2.36. The molecule has 1 fully saturated rings. The molecule has 0 saturated heterocycles. The predicted octanol–water partition coefficient (Wildman–Crippen LogP) is 4.25. The van der Waals surface area contributed by atoms with Crippen molar-refractivity contribution in [3.8, 4) is 5.75 Å². The van der Waals surface area contributed by atoms with E-state index in [1.54, 1.807) is 7.05 Å². The van der Waals surface area contributed by atoms with Crippen molar-refractivity contribution in [3.63, 3.8) is 0 Å². The molecule has 1 aromatic carbocycles.